The van der Waals surface area contributed by atoms with Crippen molar-refractivity contribution in [3.05, 3.63) is 16.4 Å². The van der Waals surface area contributed by atoms with Gasteiger partial charge in [-0.05, 0) is 12.8 Å². The monoisotopic (exact) mass is 267 g/mol. The largest absolute Gasteiger partial charge is 0.393 e. The smallest absolute Gasteiger partial charge is 0.352 e. The second-order valence-electron chi connectivity index (χ2n) is 4.71. The molecule has 0 aliphatic heterocycles. The standard InChI is InChI=1S/C11H17N5O3/c12-10-9(16(18)19)11(15-6-14-10)13-5-7-3-1-2-4-8(7)17/h6-8,17H,1-5H2,(H3,12,13,14,15). The lowest BCUT2D eigenvalue weighted by Gasteiger charge is -2.27. The van der Waals surface area contributed by atoms with Crippen molar-refractivity contribution in [1.82, 2.24) is 9.97 Å². The number of hydrogen-bond acceptors (Lipinski definition) is 7. The lowest BCUT2D eigenvalue weighted by Crippen LogP contribution is -2.30. The van der Waals surface area contributed by atoms with Crippen molar-refractivity contribution in [2.45, 2.75) is 31.8 Å². The van der Waals surface area contributed by atoms with Crippen LogP contribution in [0.5, 0.6) is 0 Å². The van der Waals surface area contributed by atoms with Gasteiger partial charge in [-0.1, -0.05) is 12.8 Å². The number of nitro groups is 1. The minimum atomic E-state index is -0.602. The van der Waals surface area contributed by atoms with E-state index in [1.807, 2.05) is 0 Å². The predicted molar refractivity (Wildman–Crippen MR) is 69.6 cm³/mol. The summed E-state index contributed by atoms with van der Waals surface area (Å²) < 4.78 is 0. The van der Waals surface area contributed by atoms with E-state index in [1.54, 1.807) is 0 Å². The number of anilines is 2. The van der Waals surface area contributed by atoms with Crippen LogP contribution < -0.4 is 11.1 Å². The van der Waals surface area contributed by atoms with Crippen LogP contribution in [0.25, 0.3) is 0 Å². The van der Waals surface area contributed by atoms with E-state index in [2.05, 4.69) is 15.3 Å². The summed E-state index contributed by atoms with van der Waals surface area (Å²) in [6, 6.07) is 0. The molecule has 1 aliphatic rings. The summed E-state index contributed by atoms with van der Waals surface area (Å²) in [5, 5.41) is 23.7. The molecule has 0 radical (unpaired) electrons. The molecular formula is C11H17N5O3. The molecule has 2 atom stereocenters. The quantitative estimate of drug-likeness (QED) is 0.547. The van der Waals surface area contributed by atoms with E-state index in [4.69, 9.17) is 5.73 Å². The molecule has 2 unspecified atom stereocenters. The molecule has 8 heteroatoms. The van der Waals surface area contributed by atoms with Crippen LogP contribution in [0.15, 0.2) is 6.33 Å². The summed E-state index contributed by atoms with van der Waals surface area (Å²) in [7, 11) is 0. The highest BCUT2D eigenvalue weighted by molar-refractivity contribution is 5.67. The first-order chi connectivity index (χ1) is 9.09. The first-order valence-corrected chi connectivity index (χ1v) is 6.26. The minimum absolute atomic E-state index is 0.0875. The van der Waals surface area contributed by atoms with E-state index in [-0.39, 0.29) is 29.3 Å². The fraction of sp³-hybridized carbons (Fsp3) is 0.636. The Labute approximate surface area is 110 Å². The molecule has 0 amide bonds. The number of nitrogen functional groups attached to an aromatic ring is 1. The van der Waals surface area contributed by atoms with Gasteiger partial charge in [-0.3, -0.25) is 10.1 Å². The van der Waals surface area contributed by atoms with Crippen LogP contribution in [0.2, 0.25) is 0 Å². The molecule has 0 aromatic carbocycles. The highest BCUT2D eigenvalue weighted by Crippen LogP contribution is 2.28. The van der Waals surface area contributed by atoms with Crippen LogP contribution in [0.1, 0.15) is 25.7 Å². The summed E-state index contributed by atoms with van der Waals surface area (Å²) in [5.74, 6) is 0.0338. The Bertz CT molecular complexity index is 468. The van der Waals surface area contributed by atoms with Crippen LogP contribution in [0, 0.1) is 16.0 Å². The van der Waals surface area contributed by atoms with Gasteiger partial charge in [-0.15, -0.1) is 0 Å². The Hall–Kier alpha value is -1.96. The molecule has 1 aromatic heterocycles. The molecule has 0 bridgehead atoms. The highest BCUT2D eigenvalue weighted by atomic mass is 16.6. The van der Waals surface area contributed by atoms with Gasteiger partial charge in [-0.25, -0.2) is 9.97 Å². The van der Waals surface area contributed by atoms with Gasteiger partial charge in [0.1, 0.15) is 6.33 Å². The van der Waals surface area contributed by atoms with Crippen molar-refractivity contribution in [3.63, 3.8) is 0 Å². The maximum absolute atomic E-state index is 10.9. The number of nitrogens with one attached hydrogen (secondary N) is 1. The first kappa shape index (κ1) is 13.5. The Balaban J connectivity index is 2.07. The fourth-order valence-electron chi connectivity index (χ4n) is 2.36. The van der Waals surface area contributed by atoms with Gasteiger partial charge in [0.2, 0.25) is 11.6 Å². The molecule has 1 heterocycles. The first-order valence-electron chi connectivity index (χ1n) is 6.26. The number of aliphatic hydroxyl groups excluding tert-OH is 1. The molecule has 104 valence electrons. The van der Waals surface area contributed by atoms with Crippen molar-refractivity contribution >= 4 is 17.3 Å². The minimum Gasteiger partial charge on any atom is -0.393 e. The van der Waals surface area contributed by atoms with Crippen LogP contribution in [0.3, 0.4) is 0 Å². The van der Waals surface area contributed by atoms with Gasteiger partial charge in [0.25, 0.3) is 0 Å². The van der Waals surface area contributed by atoms with Gasteiger partial charge >= 0.3 is 5.69 Å². The third-order valence-corrected chi connectivity index (χ3v) is 3.43. The van der Waals surface area contributed by atoms with E-state index in [0.29, 0.717) is 6.54 Å². The SMILES string of the molecule is Nc1ncnc(NCC2CCCCC2O)c1[N+](=O)[O-]. The van der Waals surface area contributed by atoms with Crippen molar-refractivity contribution in [2.75, 3.05) is 17.6 Å². The number of rotatable bonds is 4. The van der Waals surface area contributed by atoms with Gasteiger partial charge in [0, 0.05) is 12.5 Å². The van der Waals surface area contributed by atoms with Crippen molar-refractivity contribution in [2.24, 2.45) is 5.92 Å². The Morgan fingerprint density at radius 1 is 1.47 bits per heavy atom. The van der Waals surface area contributed by atoms with Gasteiger partial charge < -0.3 is 16.2 Å². The molecule has 8 nitrogen and oxygen atoms in total. The maximum Gasteiger partial charge on any atom is 0.352 e. The van der Waals surface area contributed by atoms with Crippen LogP contribution in [-0.2, 0) is 0 Å². The summed E-state index contributed by atoms with van der Waals surface area (Å²) in [5.41, 5.74) is 5.16. The normalized spacial score (nSPS) is 23.0. The molecule has 1 aromatic rings. The molecule has 0 saturated heterocycles. The zero-order valence-electron chi connectivity index (χ0n) is 10.5. The molecular weight excluding hydrogens is 250 g/mol. The third-order valence-electron chi connectivity index (χ3n) is 3.43. The third kappa shape index (κ3) is 3.08. The molecule has 1 saturated carbocycles. The Morgan fingerprint density at radius 3 is 2.89 bits per heavy atom. The number of hydrogen-bond donors (Lipinski definition) is 3. The molecule has 2 rings (SSSR count). The van der Waals surface area contributed by atoms with E-state index in [1.165, 1.54) is 6.33 Å². The summed E-state index contributed by atoms with van der Waals surface area (Å²) in [4.78, 5) is 17.8. The number of nitrogens with two attached hydrogens (primary N) is 1. The van der Waals surface area contributed by atoms with Crippen LogP contribution in [0.4, 0.5) is 17.3 Å². The van der Waals surface area contributed by atoms with Gasteiger partial charge in [-0.2, -0.15) is 0 Å². The molecule has 4 N–H and O–H groups in total. The zero-order chi connectivity index (χ0) is 13.8. The summed E-state index contributed by atoms with van der Waals surface area (Å²) in [6.45, 7) is 0.443. The fourth-order valence-corrected chi connectivity index (χ4v) is 2.36. The lowest BCUT2D eigenvalue weighted by atomic mass is 9.86. The second-order valence-corrected chi connectivity index (χ2v) is 4.71. The van der Waals surface area contributed by atoms with Gasteiger partial charge in [0.05, 0.1) is 11.0 Å². The summed E-state index contributed by atoms with van der Waals surface area (Å²) in [6.07, 6.45) is 4.60. The molecule has 1 fully saturated rings. The number of nitrogens with zero attached hydrogens (tertiary/aromatic N) is 3. The highest BCUT2D eigenvalue weighted by Gasteiger charge is 2.25. The predicted octanol–water partition coefficient (Wildman–Crippen LogP) is 0.930. The lowest BCUT2D eigenvalue weighted by molar-refractivity contribution is -0.383. The number of aromatic nitrogens is 2. The van der Waals surface area contributed by atoms with Gasteiger partial charge in [0.15, 0.2) is 0 Å². The zero-order valence-corrected chi connectivity index (χ0v) is 10.5. The average Bonchev–Trinajstić information content (AvgIpc) is 2.37. The Morgan fingerprint density at radius 2 is 2.21 bits per heavy atom. The molecule has 0 spiro atoms. The van der Waals surface area contributed by atoms with Crippen LogP contribution in [-0.4, -0.2) is 32.6 Å². The summed E-state index contributed by atoms with van der Waals surface area (Å²) >= 11 is 0. The van der Waals surface area contributed by atoms with E-state index in [9.17, 15) is 15.2 Å². The van der Waals surface area contributed by atoms with Crippen molar-refractivity contribution < 1.29 is 10.0 Å². The van der Waals surface area contributed by atoms with Crippen molar-refractivity contribution in [1.29, 1.82) is 0 Å². The second kappa shape index (κ2) is 5.79. The molecule has 1 aliphatic carbocycles. The molecule has 19 heavy (non-hydrogen) atoms. The topological polar surface area (TPSA) is 127 Å². The van der Waals surface area contributed by atoms with Crippen molar-refractivity contribution in [3.8, 4) is 0 Å². The van der Waals surface area contributed by atoms with E-state index in [0.717, 1.165) is 25.7 Å². The van der Waals surface area contributed by atoms with Crippen LogP contribution >= 0.6 is 0 Å². The maximum atomic E-state index is 10.9. The Kier molecular flexibility index (Phi) is 4.10. The average molecular weight is 267 g/mol. The van der Waals surface area contributed by atoms with E-state index < -0.39 is 4.92 Å². The number of aliphatic hydroxyl groups is 1. The van der Waals surface area contributed by atoms with E-state index >= 15 is 0 Å².